The molecule has 258 valence electrons. The topological polar surface area (TPSA) is 83.8 Å². The summed E-state index contributed by atoms with van der Waals surface area (Å²) in [6.45, 7) is 11.1. The molecule has 0 heterocycles. The molecule has 1 atom stereocenters. The van der Waals surface area contributed by atoms with Crippen LogP contribution in [-0.2, 0) is 14.3 Å². The highest BCUT2D eigenvalue weighted by Gasteiger charge is 2.37. The van der Waals surface area contributed by atoms with Crippen molar-refractivity contribution >= 4 is 12.3 Å². The van der Waals surface area contributed by atoms with Crippen molar-refractivity contribution in [2.75, 3.05) is 19.8 Å². The largest absolute Gasteiger partial charge is 0.462 e. The van der Waals surface area contributed by atoms with E-state index in [0.29, 0.717) is 24.4 Å². The molecule has 4 aliphatic carbocycles. The SMILES string of the molecule is C=C(C)C(=O)OCC(CO)C1CCC(C2CCC(C3CCC(C4CCC(CCCCC)CC4)CC3)CC2)CC1.C=C(C=O)CO. The molecule has 45 heavy (non-hydrogen) atoms. The zero-order valence-corrected chi connectivity index (χ0v) is 29.1. The van der Waals surface area contributed by atoms with E-state index in [1.807, 2.05) is 0 Å². The molecule has 0 aromatic heterocycles. The molecule has 0 bridgehead atoms. The van der Waals surface area contributed by atoms with Crippen molar-refractivity contribution in [2.24, 2.45) is 53.3 Å². The van der Waals surface area contributed by atoms with Crippen LogP contribution in [-0.4, -0.2) is 42.3 Å². The summed E-state index contributed by atoms with van der Waals surface area (Å²) < 4.78 is 5.39. The third-order valence-corrected chi connectivity index (χ3v) is 12.6. The summed E-state index contributed by atoms with van der Waals surface area (Å²) in [6.07, 6.45) is 29.4. The first-order chi connectivity index (χ1) is 21.8. The number of carbonyl (C=O) groups is 2. The van der Waals surface area contributed by atoms with Gasteiger partial charge in [-0.05, 0) is 144 Å². The van der Waals surface area contributed by atoms with E-state index in [-0.39, 0.29) is 30.7 Å². The van der Waals surface area contributed by atoms with Gasteiger partial charge in [0.15, 0.2) is 0 Å². The van der Waals surface area contributed by atoms with E-state index in [9.17, 15) is 14.7 Å². The summed E-state index contributed by atoms with van der Waals surface area (Å²) in [6, 6.07) is 0. The summed E-state index contributed by atoms with van der Waals surface area (Å²) in [4.78, 5) is 21.3. The van der Waals surface area contributed by atoms with Crippen LogP contribution >= 0.6 is 0 Å². The molecular weight excluding hydrogens is 560 g/mol. The Hall–Kier alpha value is -1.46. The zero-order chi connectivity index (χ0) is 32.6. The van der Waals surface area contributed by atoms with Crippen molar-refractivity contribution in [3.63, 3.8) is 0 Å². The summed E-state index contributed by atoms with van der Waals surface area (Å²) in [7, 11) is 0. The van der Waals surface area contributed by atoms with Crippen molar-refractivity contribution in [1.29, 1.82) is 0 Å². The molecule has 1 unspecified atom stereocenters. The molecule has 4 aliphatic rings. The average Bonchev–Trinajstić information content (AvgIpc) is 3.09. The van der Waals surface area contributed by atoms with Crippen molar-refractivity contribution in [3.05, 3.63) is 24.3 Å². The minimum Gasteiger partial charge on any atom is -0.462 e. The van der Waals surface area contributed by atoms with Crippen LogP contribution in [0.15, 0.2) is 24.3 Å². The molecule has 4 fully saturated rings. The zero-order valence-electron chi connectivity index (χ0n) is 29.1. The Balaban J connectivity index is 0.000000838. The standard InChI is InChI=1S/C36H62O3.C4H6O2/c1-4-5-6-7-27-8-10-28(11-9-27)29-12-14-30(15-13-29)31-16-18-32(19-17-31)33-20-22-34(23-21-33)35(24-37)25-39-36(38)26(2)3;1-4(2-5)3-6/h27-35,37H,2,4-25H2,1,3H3;2,6H,1,3H2. The molecule has 4 saturated carbocycles. The lowest BCUT2D eigenvalue weighted by molar-refractivity contribution is -0.141. The number of aliphatic hydroxyl groups excluding tert-OH is 2. The van der Waals surface area contributed by atoms with Gasteiger partial charge in [-0.25, -0.2) is 4.79 Å². The van der Waals surface area contributed by atoms with Gasteiger partial charge in [-0.15, -0.1) is 0 Å². The second-order valence-electron chi connectivity index (χ2n) is 15.6. The first kappa shape index (κ1) is 38.0. The van der Waals surface area contributed by atoms with E-state index in [1.165, 1.54) is 128 Å². The molecule has 5 nitrogen and oxygen atoms in total. The molecule has 0 aromatic carbocycles. The van der Waals surface area contributed by atoms with Gasteiger partial charge in [0.25, 0.3) is 0 Å². The summed E-state index contributed by atoms with van der Waals surface area (Å²) in [5, 5.41) is 17.9. The smallest absolute Gasteiger partial charge is 0.333 e. The first-order valence-corrected chi connectivity index (χ1v) is 19.0. The van der Waals surface area contributed by atoms with Crippen LogP contribution in [0.3, 0.4) is 0 Å². The minimum atomic E-state index is -0.326. The van der Waals surface area contributed by atoms with Gasteiger partial charge in [0.05, 0.1) is 13.2 Å². The van der Waals surface area contributed by atoms with Crippen LogP contribution in [0, 0.1) is 53.3 Å². The number of hydrogen-bond acceptors (Lipinski definition) is 5. The van der Waals surface area contributed by atoms with Gasteiger partial charge in [0, 0.05) is 23.7 Å². The first-order valence-electron chi connectivity index (χ1n) is 19.0. The Morgan fingerprint density at radius 3 is 1.49 bits per heavy atom. The quantitative estimate of drug-likeness (QED) is 0.0867. The van der Waals surface area contributed by atoms with Crippen LogP contribution in [0.25, 0.3) is 0 Å². The fourth-order valence-electron chi connectivity index (χ4n) is 9.58. The Labute approximate surface area is 276 Å². The molecule has 0 aromatic rings. The summed E-state index contributed by atoms with van der Waals surface area (Å²) >= 11 is 0. The van der Waals surface area contributed by atoms with Crippen LogP contribution in [0.1, 0.15) is 142 Å². The van der Waals surface area contributed by atoms with E-state index in [0.717, 1.165) is 41.4 Å². The van der Waals surface area contributed by atoms with Gasteiger partial charge in [-0.1, -0.05) is 58.6 Å². The monoisotopic (exact) mass is 629 g/mol. The summed E-state index contributed by atoms with van der Waals surface area (Å²) in [5.41, 5.74) is 0.657. The lowest BCUT2D eigenvalue weighted by atomic mass is 9.63. The van der Waals surface area contributed by atoms with Gasteiger partial charge in [-0.2, -0.15) is 0 Å². The lowest BCUT2D eigenvalue weighted by Gasteiger charge is -2.43. The van der Waals surface area contributed by atoms with Crippen molar-refractivity contribution in [3.8, 4) is 0 Å². The Morgan fingerprint density at radius 1 is 0.733 bits per heavy atom. The third kappa shape index (κ3) is 12.6. The fourth-order valence-corrected chi connectivity index (χ4v) is 9.58. The maximum atomic E-state index is 11.8. The van der Waals surface area contributed by atoms with Crippen molar-refractivity contribution in [2.45, 2.75) is 142 Å². The molecular formula is C40H68O5. The number of aliphatic hydroxyl groups is 2. The predicted molar refractivity (Wildman–Crippen MR) is 185 cm³/mol. The number of carbonyl (C=O) groups excluding carboxylic acids is 2. The molecule has 0 amide bonds. The second-order valence-corrected chi connectivity index (χ2v) is 15.6. The van der Waals surface area contributed by atoms with Crippen LogP contribution < -0.4 is 0 Å². The summed E-state index contributed by atoms with van der Waals surface area (Å²) in [5.74, 6) is 7.26. The average molecular weight is 629 g/mol. The lowest BCUT2D eigenvalue weighted by Crippen LogP contribution is -2.33. The Morgan fingerprint density at radius 2 is 1.16 bits per heavy atom. The van der Waals surface area contributed by atoms with E-state index >= 15 is 0 Å². The molecule has 0 saturated heterocycles. The fraction of sp³-hybridized carbons (Fsp3) is 0.850. The van der Waals surface area contributed by atoms with E-state index in [1.54, 1.807) is 6.92 Å². The van der Waals surface area contributed by atoms with Gasteiger partial charge in [0.2, 0.25) is 0 Å². The van der Waals surface area contributed by atoms with E-state index in [2.05, 4.69) is 20.1 Å². The Bertz CT molecular complexity index is 865. The van der Waals surface area contributed by atoms with Crippen LogP contribution in [0.5, 0.6) is 0 Å². The van der Waals surface area contributed by atoms with Gasteiger partial charge >= 0.3 is 5.97 Å². The normalized spacial score (nSPS) is 32.8. The van der Waals surface area contributed by atoms with Crippen LogP contribution in [0.4, 0.5) is 0 Å². The predicted octanol–water partition coefficient (Wildman–Crippen LogP) is 9.25. The third-order valence-electron chi connectivity index (χ3n) is 12.6. The maximum absolute atomic E-state index is 11.8. The molecule has 2 N–H and O–H groups in total. The van der Waals surface area contributed by atoms with Crippen molar-refractivity contribution < 1.29 is 24.5 Å². The highest BCUT2D eigenvalue weighted by atomic mass is 16.5. The van der Waals surface area contributed by atoms with Gasteiger partial charge in [0.1, 0.15) is 6.29 Å². The molecule has 5 heteroatoms. The van der Waals surface area contributed by atoms with Crippen molar-refractivity contribution in [1.82, 2.24) is 0 Å². The molecule has 0 radical (unpaired) electrons. The molecule has 0 spiro atoms. The molecule has 4 rings (SSSR count). The number of ether oxygens (including phenoxy) is 1. The number of aldehydes is 1. The highest BCUT2D eigenvalue weighted by Crippen LogP contribution is 2.48. The molecule has 0 aliphatic heterocycles. The van der Waals surface area contributed by atoms with E-state index < -0.39 is 0 Å². The van der Waals surface area contributed by atoms with Crippen LogP contribution in [0.2, 0.25) is 0 Å². The maximum Gasteiger partial charge on any atom is 0.333 e. The van der Waals surface area contributed by atoms with E-state index in [4.69, 9.17) is 9.84 Å². The van der Waals surface area contributed by atoms with Gasteiger partial charge in [-0.3, -0.25) is 4.79 Å². The highest BCUT2D eigenvalue weighted by molar-refractivity contribution is 5.86. The number of hydrogen-bond donors (Lipinski definition) is 2. The number of rotatable bonds is 14. The minimum absolute atomic E-state index is 0.0842. The number of unbranched alkanes of at least 4 members (excludes halogenated alkanes) is 2. The number of esters is 1. The Kier molecular flexibility index (Phi) is 17.5. The second kappa shape index (κ2) is 20.7. The van der Waals surface area contributed by atoms with Gasteiger partial charge < -0.3 is 14.9 Å².